The molecular weight excluding hydrogens is 166 g/mol. The van der Waals surface area contributed by atoms with E-state index in [1.807, 2.05) is 0 Å². The molecule has 1 aromatic heterocycles. The highest BCUT2D eigenvalue weighted by molar-refractivity contribution is 5.76. The number of fused-ring (bicyclic) bond motifs is 1. The maximum Gasteiger partial charge on any atom is 0.243 e. The van der Waals surface area contributed by atoms with Crippen LogP contribution in [0, 0.1) is 0 Å². The van der Waals surface area contributed by atoms with Gasteiger partial charge in [-0.05, 0) is 7.05 Å². The second kappa shape index (κ2) is 2.96. The van der Waals surface area contributed by atoms with E-state index in [9.17, 15) is 4.79 Å². The SMILES string of the molecule is CC(=O)n1ncc2c1CCN(C)C2. The van der Waals surface area contributed by atoms with Gasteiger partial charge in [0.2, 0.25) is 5.91 Å². The van der Waals surface area contributed by atoms with Gasteiger partial charge in [-0.25, -0.2) is 4.68 Å². The molecular formula is C9H13N3O. The van der Waals surface area contributed by atoms with E-state index in [1.165, 1.54) is 10.2 Å². The Morgan fingerprint density at radius 2 is 2.38 bits per heavy atom. The Morgan fingerprint density at radius 1 is 1.62 bits per heavy atom. The Bertz CT molecular complexity index is 343. The summed E-state index contributed by atoms with van der Waals surface area (Å²) in [6.45, 7) is 3.46. The van der Waals surface area contributed by atoms with E-state index in [0.717, 1.165) is 25.2 Å². The van der Waals surface area contributed by atoms with Crippen LogP contribution in [0.1, 0.15) is 23.0 Å². The van der Waals surface area contributed by atoms with Gasteiger partial charge in [0.05, 0.1) is 11.9 Å². The highest BCUT2D eigenvalue weighted by atomic mass is 16.2. The first-order chi connectivity index (χ1) is 6.18. The summed E-state index contributed by atoms with van der Waals surface area (Å²) in [5.41, 5.74) is 2.27. The molecule has 0 N–H and O–H groups in total. The highest BCUT2D eigenvalue weighted by Gasteiger charge is 2.19. The van der Waals surface area contributed by atoms with E-state index in [0.29, 0.717) is 0 Å². The quantitative estimate of drug-likeness (QED) is 0.583. The van der Waals surface area contributed by atoms with Gasteiger partial charge >= 0.3 is 0 Å². The number of carbonyl (C=O) groups is 1. The maximum absolute atomic E-state index is 11.1. The van der Waals surface area contributed by atoms with Crippen molar-refractivity contribution in [2.24, 2.45) is 0 Å². The van der Waals surface area contributed by atoms with Gasteiger partial charge in [0.15, 0.2) is 0 Å². The van der Waals surface area contributed by atoms with Crippen LogP contribution in [0.3, 0.4) is 0 Å². The zero-order valence-electron chi connectivity index (χ0n) is 7.95. The molecule has 0 saturated carbocycles. The molecule has 0 fully saturated rings. The summed E-state index contributed by atoms with van der Waals surface area (Å²) in [4.78, 5) is 13.4. The molecule has 4 heteroatoms. The number of carbonyl (C=O) groups excluding carboxylic acids is 1. The minimum Gasteiger partial charge on any atom is -0.302 e. The molecule has 70 valence electrons. The lowest BCUT2D eigenvalue weighted by molar-refractivity contribution is 0.0916. The van der Waals surface area contributed by atoms with Crippen molar-refractivity contribution < 1.29 is 4.79 Å². The molecule has 0 bridgehead atoms. The first-order valence-corrected chi connectivity index (χ1v) is 4.43. The van der Waals surface area contributed by atoms with Crippen LogP contribution < -0.4 is 0 Å². The van der Waals surface area contributed by atoms with Crippen LogP contribution in [0.2, 0.25) is 0 Å². The number of hydrogen-bond acceptors (Lipinski definition) is 3. The van der Waals surface area contributed by atoms with Crippen LogP contribution in [0.4, 0.5) is 0 Å². The van der Waals surface area contributed by atoms with E-state index in [-0.39, 0.29) is 5.91 Å². The Balaban J connectivity index is 2.39. The van der Waals surface area contributed by atoms with Crippen LogP contribution >= 0.6 is 0 Å². The van der Waals surface area contributed by atoms with Gasteiger partial charge in [-0.2, -0.15) is 5.10 Å². The van der Waals surface area contributed by atoms with Gasteiger partial charge in [0, 0.05) is 32.0 Å². The van der Waals surface area contributed by atoms with Crippen LogP contribution in [0.15, 0.2) is 6.20 Å². The van der Waals surface area contributed by atoms with E-state index in [1.54, 1.807) is 13.1 Å². The van der Waals surface area contributed by atoms with Crippen molar-refractivity contribution in [2.45, 2.75) is 19.9 Å². The second-order valence-electron chi connectivity index (χ2n) is 3.54. The summed E-state index contributed by atoms with van der Waals surface area (Å²) in [6, 6.07) is 0. The van der Waals surface area contributed by atoms with E-state index >= 15 is 0 Å². The van der Waals surface area contributed by atoms with Crippen molar-refractivity contribution >= 4 is 5.91 Å². The molecule has 0 atom stereocenters. The number of hydrogen-bond donors (Lipinski definition) is 0. The van der Waals surface area contributed by atoms with Gasteiger partial charge in [-0.1, -0.05) is 0 Å². The van der Waals surface area contributed by atoms with Crippen molar-refractivity contribution in [3.8, 4) is 0 Å². The lowest BCUT2D eigenvalue weighted by Gasteiger charge is -2.22. The second-order valence-corrected chi connectivity index (χ2v) is 3.54. The average Bonchev–Trinajstić information content (AvgIpc) is 2.46. The predicted octanol–water partition coefficient (Wildman–Crippen LogP) is 0.531. The molecule has 0 unspecified atom stereocenters. The molecule has 0 aromatic carbocycles. The number of nitrogens with zero attached hydrogens (tertiary/aromatic N) is 3. The Kier molecular flexibility index (Phi) is 1.92. The van der Waals surface area contributed by atoms with Crippen LogP contribution in [0.25, 0.3) is 0 Å². The van der Waals surface area contributed by atoms with Crippen molar-refractivity contribution in [1.29, 1.82) is 0 Å². The minimum atomic E-state index is 0.00537. The number of rotatable bonds is 0. The number of likely N-dealkylation sites (N-methyl/N-ethyl adjacent to an activating group) is 1. The monoisotopic (exact) mass is 179 g/mol. The molecule has 1 aromatic rings. The topological polar surface area (TPSA) is 38.1 Å². The normalized spacial score (nSPS) is 17.1. The fraction of sp³-hybridized carbons (Fsp3) is 0.556. The minimum absolute atomic E-state index is 0.00537. The van der Waals surface area contributed by atoms with Gasteiger partial charge in [0.25, 0.3) is 0 Å². The maximum atomic E-state index is 11.1. The molecule has 0 radical (unpaired) electrons. The zero-order chi connectivity index (χ0) is 9.42. The highest BCUT2D eigenvalue weighted by Crippen LogP contribution is 2.16. The Labute approximate surface area is 77.1 Å². The number of aromatic nitrogens is 2. The van der Waals surface area contributed by atoms with Gasteiger partial charge in [-0.15, -0.1) is 0 Å². The summed E-state index contributed by atoms with van der Waals surface area (Å²) in [7, 11) is 2.08. The van der Waals surface area contributed by atoms with Gasteiger partial charge < -0.3 is 4.90 Å². The molecule has 1 aliphatic heterocycles. The molecule has 13 heavy (non-hydrogen) atoms. The van der Waals surface area contributed by atoms with Crippen LogP contribution in [-0.2, 0) is 13.0 Å². The molecule has 0 amide bonds. The molecule has 2 heterocycles. The fourth-order valence-corrected chi connectivity index (χ4v) is 1.74. The summed E-state index contributed by atoms with van der Waals surface area (Å²) < 4.78 is 1.52. The van der Waals surface area contributed by atoms with Gasteiger partial charge in [-0.3, -0.25) is 4.79 Å². The van der Waals surface area contributed by atoms with Crippen LogP contribution in [-0.4, -0.2) is 34.2 Å². The predicted molar refractivity (Wildman–Crippen MR) is 48.6 cm³/mol. The lowest BCUT2D eigenvalue weighted by Crippen LogP contribution is -2.28. The van der Waals surface area contributed by atoms with Gasteiger partial charge in [0.1, 0.15) is 0 Å². The molecule has 4 nitrogen and oxygen atoms in total. The van der Waals surface area contributed by atoms with Crippen molar-refractivity contribution in [3.63, 3.8) is 0 Å². The Hall–Kier alpha value is -1.16. The third kappa shape index (κ3) is 1.37. The van der Waals surface area contributed by atoms with E-state index in [2.05, 4.69) is 17.0 Å². The van der Waals surface area contributed by atoms with Crippen molar-refractivity contribution in [1.82, 2.24) is 14.7 Å². The summed E-state index contributed by atoms with van der Waals surface area (Å²) in [5.74, 6) is 0.00537. The van der Waals surface area contributed by atoms with Crippen molar-refractivity contribution in [3.05, 3.63) is 17.5 Å². The third-order valence-corrected chi connectivity index (χ3v) is 2.42. The molecule has 0 spiro atoms. The largest absolute Gasteiger partial charge is 0.302 e. The lowest BCUT2D eigenvalue weighted by atomic mass is 10.1. The smallest absolute Gasteiger partial charge is 0.243 e. The summed E-state index contributed by atoms with van der Waals surface area (Å²) >= 11 is 0. The fourth-order valence-electron chi connectivity index (χ4n) is 1.74. The third-order valence-electron chi connectivity index (χ3n) is 2.42. The summed E-state index contributed by atoms with van der Waals surface area (Å²) in [6.07, 6.45) is 2.72. The molecule has 0 aliphatic carbocycles. The van der Waals surface area contributed by atoms with Crippen molar-refractivity contribution in [2.75, 3.05) is 13.6 Å². The van der Waals surface area contributed by atoms with E-state index in [4.69, 9.17) is 0 Å². The zero-order valence-corrected chi connectivity index (χ0v) is 7.95. The molecule has 0 saturated heterocycles. The van der Waals surface area contributed by atoms with Crippen LogP contribution in [0.5, 0.6) is 0 Å². The first kappa shape index (κ1) is 8.44. The first-order valence-electron chi connectivity index (χ1n) is 4.43. The summed E-state index contributed by atoms with van der Waals surface area (Å²) in [5, 5.41) is 4.07. The van der Waals surface area contributed by atoms with E-state index < -0.39 is 0 Å². The molecule has 2 rings (SSSR count). The molecule has 1 aliphatic rings. The Morgan fingerprint density at radius 3 is 3.08 bits per heavy atom. The average molecular weight is 179 g/mol. The standard InChI is InChI=1S/C9H13N3O/c1-7(13)12-9-3-4-11(2)6-8(9)5-10-12/h5H,3-4,6H2,1-2H3.